The molecule has 8 heteroatoms. The number of hydrogen-bond donors (Lipinski definition) is 2. The highest BCUT2D eigenvalue weighted by Crippen LogP contribution is 2.32. The number of ether oxygens (including phenoxy) is 2. The first-order valence-electron chi connectivity index (χ1n) is 5.06. The van der Waals surface area contributed by atoms with Gasteiger partial charge in [0.05, 0.1) is 19.8 Å². The molecule has 0 bridgehead atoms. The van der Waals surface area contributed by atoms with Gasteiger partial charge in [-0.2, -0.15) is 0 Å². The predicted octanol–water partition coefficient (Wildman–Crippen LogP) is 0.0641. The second kappa shape index (κ2) is 5.42. The molecule has 0 amide bonds. The van der Waals surface area contributed by atoms with Gasteiger partial charge in [-0.3, -0.25) is 0 Å². The zero-order valence-corrected chi connectivity index (χ0v) is 10.6. The van der Waals surface area contributed by atoms with E-state index in [1.165, 1.54) is 0 Å². The van der Waals surface area contributed by atoms with Crippen molar-refractivity contribution in [3.63, 3.8) is 0 Å². The number of thiophene rings is 1. The molecule has 1 fully saturated rings. The minimum atomic E-state index is -3.60. The fourth-order valence-electron chi connectivity index (χ4n) is 1.48. The monoisotopic (exact) mass is 279 g/mol. The van der Waals surface area contributed by atoms with Crippen molar-refractivity contribution >= 4 is 21.4 Å². The fraction of sp³-hybridized carbons (Fsp3) is 0.556. The molecule has 1 aliphatic heterocycles. The number of aliphatic hydroxyl groups is 1. The number of rotatable bonds is 5. The maximum Gasteiger partial charge on any atom is 0.250 e. The summed E-state index contributed by atoms with van der Waals surface area (Å²) in [7, 11) is -3.60. The topological polar surface area (TPSA) is 84.9 Å². The van der Waals surface area contributed by atoms with E-state index in [4.69, 9.17) is 14.6 Å². The van der Waals surface area contributed by atoms with Gasteiger partial charge in [-0.1, -0.05) is 0 Å². The van der Waals surface area contributed by atoms with Crippen LogP contribution in [0.5, 0.6) is 0 Å². The van der Waals surface area contributed by atoms with Crippen LogP contribution in [0.2, 0.25) is 0 Å². The molecule has 0 spiro atoms. The molecule has 1 saturated heterocycles. The lowest BCUT2D eigenvalue weighted by Crippen LogP contribution is -2.27. The van der Waals surface area contributed by atoms with Crippen molar-refractivity contribution in [2.75, 3.05) is 26.4 Å². The molecule has 96 valence electrons. The van der Waals surface area contributed by atoms with E-state index in [9.17, 15) is 8.42 Å². The average molecular weight is 279 g/mol. The summed E-state index contributed by atoms with van der Waals surface area (Å²) in [5.41, 5.74) is 0.512. The van der Waals surface area contributed by atoms with E-state index >= 15 is 0 Å². The molecule has 0 atom stereocenters. The molecule has 17 heavy (non-hydrogen) atoms. The van der Waals surface area contributed by atoms with E-state index in [0.717, 1.165) is 11.3 Å². The number of nitrogens with one attached hydrogen (secondary N) is 1. The Morgan fingerprint density at radius 3 is 2.82 bits per heavy atom. The van der Waals surface area contributed by atoms with Crippen molar-refractivity contribution in [2.45, 2.75) is 10.5 Å². The zero-order chi connectivity index (χ0) is 12.3. The summed E-state index contributed by atoms with van der Waals surface area (Å²) >= 11 is 1.10. The molecular formula is C9H13NO5S2. The van der Waals surface area contributed by atoms with Crippen LogP contribution < -0.4 is 4.72 Å². The summed E-state index contributed by atoms with van der Waals surface area (Å²) in [5, 5.41) is 10.3. The number of sulfonamides is 1. The van der Waals surface area contributed by atoms with Crippen LogP contribution in [0.4, 0.5) is 0 Å². The van der Waals surface area contributed by atoms with Crippen LogP contribution in [-0.2, 0) is 19.5 Å². The fourth-order valence-corrected chi connectivity index (χ4v) is 3.94. The number of hydrogen-bond acceptors (Lipinski definition) is 6. The van der Waals surface area contributed by atoms with Gasteiger partial charge in [0.2, 0.25) is 0 Å². The SMILES string of the molecule is O=S(=O)(NCCO)c1sccc1C1OCCO1. The van der Waals surface area contributed by atoms with Crippen LogP contribution in [0.25, 0.3) is 0 Å². The molecule has 1 aliphatic rings. The van der Waals surface area contributed by atoms with Crippen LogP contribution >= 0.6 is 11.3 Å². The predicted molar refractivity (Wildman–Crippen MR) is 61.2 cm³/mol. The van der Waals surface area contributed by atoms with Crippen LogP contribution in [0.15, 0.2) is 15.7 Å². The van der Waals surface area contributed by atoms with Crippen LogP contribution in [0.3, 0.4) is 0 Å². The third-order valence-electron chi connectivity index (χ3n) is 2.18. The third-order valence-corrected chi connectivity index (χ3v) is 5.16. The molecule has 2 rings (SSSR count). The third kappa shape index (κ3) is 2.84. The Labute approximate surface area is 103 Å². The van der Waals surface area contributed by atoms with E-state index in [1.807, 2.05) is 0 Å². The van der Waals surface area contributed by atoms with E-state index in [1.54, 1.807) is 11.4 Å². The Hall–Kier alpha value is -0.510. The Kier molecular flexibility index (Phi) is 4.13. The second-order valence-corrected chi connectivity index (χ2v) is 6.24. The highest BCUT2D eigenvalue weighted by molar-refractivity contribution is 7.91. The second-order valence-electron chi connectivity index (χ2n) is 3.36. The first kappa shape index (κ1) is 12.9. The van der Waals surface area contributed by atoms with Gasteiger partial charge >= 0.3 is 0 Å². The molecule has 1 aromatic heterocycles. The molecule has 0 aliphatic carbocycles. The number of aliphatic hydroxyl groups excluding tert-OH is 1. The van der Waals surface area contributed by atoms with Crippen molar-refractivity contribution in [1.82, 2.24) is 4.72 Å². The Morgan fingerprint density at radius 2 is 2.18 bits per heavy atom. The van der Waals surface area contributed by atoms with Gasteiger partial charge in [0.1, 0.15) is 4.21 Å². The largest absolute Gasteiger partial charge is 0.395 e. The Bertz CT molecular complexity index is 463. The maximum atomic E-state index is 11.9. The average Bonchev–Trinajstić information content (AvgIpc) is 2.95. The minimum absolute atomic E-state index is 0.00788. The first-order chi connectivity index (χ1) is 8.15. The van der Waals surface area contributed by atoms with Crippen LogP contribution in [0.1, 0.15) is 11.9 Å². The molecule has 1 aromatic rings. The Morgan fingerprint density at radius 1 is 1.47 bits per heavy atom. The molecule has 2 heterocycles. The summed E-state index contributed by atoms with van der Waals surface area (Å²) < 4.78 is 36.8. The van der Waals surface area contributed by atoms with Gasteiger partial charge in [0.15, 0.2) is 6.29 Å². The quantitative estimate of drug-likeness (QED) is 0.796. The summed E-state index contributed by atoms with van der Waals surface area (Å²) in [6.45, 7) is 0.677. The van der Waals surface area contributed by atoms with E-state index in [0.29, 0.717) is 18.8 Å². The summed E-state index contributed by atoms with van der Waals surface area (Å²) in [5.74, 6) is 0. The molecule has 0 aromatic carbocycles. The standard InChI is InChI=1S/C9H13NO5S2/c11-3-2-10-17(12,13)9-7(1-6-16-9)8-14-4-5-15-8/h1,6,8,10-11H,2-5H2. The molecule has 0 unspecified atom stereocenters. The zero-order valence-electron chi connectivity index (χ0n) is 8.96. The van der Waals surface area contributed by atoms with Gasteiger partial charge in [-0.05, 0) is 11.4 Å². The normalized spacial score (nSPS) is 17.7. The van der Waals surface area contributed by atoms with Crippen LogP contribution in [-0.4, -0.2) is 39.9 Å². The molecule has 0 radical (unpaired) electrons. The van der Waals surface area contributed by atoms with Crippen molar-refractivity contribution in [3.8, 4) is 0 Å². The summed E-state index contributed by atoms with van der Waals surface area (Å²) in [4.78, 5) is 0. The molecule has 2 N–H and O–H groups in total. The van der Waals surface area contributed by atoms with Gasteiger partial charge in [0, 0.05) is 12.1 Å². The molecular weight excluding hydrogens is 266 g/mol. The highest BCUT2D eigenvalue weighted by atomic mass is 32.2. The van der Waals surface area contributed by atoms with E-state index in [-0.39, 0.29) is 17.4 Å². The van der Waals surface area contributed by atoms with Gasteiger partial charge in [-0.15, -0.1) is 11.3 Å². The van der Waals surface area contributed by atoms with Crippen molar-refractivity contribution in [3.05, 3.63) is 17.0 Å². The van der Waals surface area contributed by atoms with Crippen molar-refractivity contribution in [2.24, 2.45) is 0 Å². The van der Waals surface area contributed by atoms with Crippen LogP contribution in [0, 0.1) is 0 Å². The van der Waals surface area contributed by atoms with Gasteiger partial charge in [-0.25, -0.2) is 13.1 Å². The lowest BCUT2D eigenvalue weighted by molar-refractivity contribution is -0.0456. The van der Waals surface area contributed by atoms with Gasteiger partial charge in [0.25, 0.3) is 10.0 Å². The minimum Gasteiger partial charge on any atom is -0.395 e. The molecule has 0 saturated carbocycles. The lowest BCUT2D eigenvalue weighted by Gasteiger charge is -2.10. The first-order valence-corrected chi connectivity index (χ1v) is 7.42. The van der Waals surface area contributed by atoms with E-state index in [2.05, 4.69) is 4.72 Å². The highest BCUT2D eigenvalue weighted by Gasteiger charge is 2.28. The lowest BCUT2D eigenvalue weighted by atomic mass is 10.3. The Balaban J connectivity index is 2.23. The molecule has 6 nitrogen and oxygen atoms in total. The van der Waals surface area contributed by atoms with Gasteiger partial charge < -0.3 is 14.6 Å². The van der Waals surface area contributed by atoms with E-state index < -0.39 is 16.3 Å². The smallest absolute Gasteiger partial charge is 0.250 e. The summed E-state index contributed by atoms with van der Waals surface area (Å²) in [6, 6.07) is 1.67. The van der Waals surface area contributed by atoms with Crippen molar-refractivity contribution in [1.29, 1.82) is 0 Å². The maximum absolute atomic E-state index is 11.9. The van der Waals surface area contributed by atoms with Crippen molar-refractivity contribution < 1.29 is 23.0 Å². The summed E-state index contributed by atoms with van der Waals surface area (Å²) in [6.07, 6.45) is -0.609.